The van der Waals surface area contributed by atoms with Gasteiger partial charge in [0.15, 0.2) is 0 Å². The van der Waals surface area contributed by atoms with Crippen LogP contribution in [0.25, 0.3) is 11.1 Å². The van der Waals surface area contributed by atoms with E-state index in [0.717, 1.165) is 0 Å². The largest absolute Gasteiger partial charge is 0.468 e. The SMILES string of the molecule is COC(=O)CN.c1ccc(-c2ccccc2)cc1. The molecule has 2 aromatic carbocycles. The van der Waals surface area contributed by atoms with Gasteiger partial charge in [-0.2, -0.15) is 0 Å². The summed E-state index contributed by atoms with van der Waals surface area (Å²) in [6.07, 6.45) is 0. The molecule has 2 rings (SSSR count). The third-order valence-corrected chi connectivity index (χ3v) is 2.28. The molecule has 0 unspecified atom stereocenters. The highest BCUT2D eigenvalue weighted by Gasteiger charge is 1.91. The van der Waals surface area contributed by atoms with Gasteiger partial charge in [-0.25, -0.2) is 0 Å². The molecule has 0 bridgehead atoms. The first-order chi connectivity index (χ1) is 8.77. The Morgan fingerprint density at radius 2 is 1.33 bits per heavy atom. The molecular weight excluding hydrogens is 226 g/mol. The van der Waals surface area contributed by atoms with Crippen molar-refractivity contribution in [3.8, 4) is 11.1 Å². The van der Waals surface area contributed by atoms with Crippen molar-refractivity contribution in [3.05, 3.63) is 60.7 Å². The zero-order valence-corrected chi connectivity index (χ0v) is 10.4. The van der Waals surface area contributed by atoms with Crippen molar-refractivity contribution >= 4 is 5.97 Å². The van der Waals surface area contributed by atoms with Gasteiger partial charge in [0.25, 0.3) is 0 Å². The van der Waals surface area contributed by atoms with E-state index in [1.165, 1.54) is 18.2 Å². The second-order valence-electron chi connectivity index (χ2n) is 3.51. The summed E-state index contributed by atoms with van der Waals surface area (Å²) in [4.78, 5) is 9.83. The summed E-state index contributed by atoms with van der Waals surface area (Å²) < 4.78 is 4.14. The molecule has 0 atom stereocenters. The smallest absolute Gasteiger partial charge is 0.319 e. The number of rotatable bonds is 2. The first-order valence-corrected chi connectivity index (χ1v) is 5.65. The number of nitrogens with two attached hydrogens (primary N) is 1. The van der Waals surface area contributed by atoms with Crippen molar-refractivity contribution in [2.45, 2.75) is 0 Å². The fourth-order valence-corrected chi connectivity index (χ4v) is 1.34. The second kappa shape index (κ2) is 8.03. The summed E-state index contributed by atoms with van der Waals surface area (Å²) in [6, 6.07) is 20.8. The molecule has 0 aliphatic carbocycles. The topological polar surface area (TPSA) is 52.3 Å². The molecule has 18 heavy (non-hydrogen) atoms. The lowest BCUT2D eigenvalue weighted by Gasteiger charge is -1.98. The number of ether oxygens (including phenoxy) is 1. The number of carbonyl (C=O) groups excluding carboxylic acids is 1. The minimum Gasteiger partial charge on any atom is -0.468 e. The molecule has 3 nitrogen and oxygen atoms in total. The Morgan fingerprint density at radius 1 is 0.944 bits per heavy atom. The van der Waals surface area contributed by atoms with Crippen LogP contribution in [0.2, 0.25) is 0 Å². The zero-order chi connectivity index (χ0) is 13.2. The normalized spacial score (nSPS) is 9.00. The lowest BCUT2D eigenvalue weighted by molar-refractivity contribution is -0.138. The van der Waals surface area contributed by atoms with Gasteiger partial charge in [0.05, 0.1) is 13.7 Å². The van der Waals surface area contributed by atoms with Crippen molar-refractivity contribution in [1.29, 1.82) is 0 Å². The summed E-state index contributed by atoms with van der Waals surface area (Å²) >= 11 is 0. The third kappa shape index (κ3) is 4.80. The predicted octanol–water partition coefficient (Wildman–Crippen LogP) is 2.47. The second-order valence-corrected chi connectivity index (χ2v) is 3.51. The van der Waals surface area contributed by atoms with Gasteiger partial charge in [0, 0.05) is 0 Å². The molecule has 0 saturated heterocycles. The molecule has 0 saturated carbocycles. The van der Waals surface area contributed by atoms with Gasteiger partial charge in [-0.15, -0.1) is 0 Å². The molecule has 0 radical (unpaired) electrons. The molecule has 0 aliphatic heterocycles. The van der Waals surface area contributed by atoms with E-state index in [1.54, 1.807) is 0 Å². The van der Waals surface area contributed by atoms with E-state index in [9.17, 15) is 4.79 Å². The summed E-state index contributed by atoms with van der Waals surface area (Å²) in [7, 11) is 1.30. The number of benzene rings is 2. The molecule has 3 heteroatoms. The van der Waals surface area contributed by atoms with E-state index in [4.69, 9.17) is 5.73 Å². The summed E-state index contributed by atoms with van der Waals surface area (Å²) in [6.45, 7) is -0.0312. The molecule has 2 aromatic rings. The van der Waals surface area contributed by atoms with Gasteiger partial charge < -0.3 is 10.5 Å². The molecule has 0 heterocycles. The van der Waals surface area contributed by atoms with E-state index < -0.39 is 0 Å². The molecule has 2 N–H and O–H groups in total. The van der Waals surface area contributed by atoms with E-state index >= 15 is 0 Å². The van der Waals surface area contributed by atoms with Crippen LogP contribution in [0.15, 0.2) is 60.7 Å². The van der Waals surface area contributed by atoms with Crippen LogP contribution >= 0.6 is 0 Å². The Labute approximate surface area is 107 Å². The van der Waals surface area contributed by atoms with Crippen molar-refractivity contribution in [2.24, 2.45) is 5.73 Å². The average Bonchev–Trinajstić information content (AvgIpc) is 2.49. The van der Waals surface area contributed by atoms with Gasteiger partial charge in [0.1, 0.15) is 0 Å². The van der Waals surface area contributed by atoms with Crippen LogP contribution in [0.4, 0.5) is 0 Å². The molecule has 0 fully saturated rings. The van der Waals surface area contributed by atoms with Crippen molar-refractivity contribution in [3.63, 3.8) is 0 Å². The Kier molecular flexibility index (Phi) is 6.22. The minimum atomic E-state index is -0.380. The lowest BCUT2D eigenvalue weighted by atomic mass is 10.1. The average molecular weight is 243 g/mol. The van der Waals surface area contributed by atoms with Crippen LogP contribution in [0.5, 0.6) is 0 Å². The highest BCUT2D eigenvalue weighted by atomic mass is 16.5. The number of hydrogen-bond acceptors (Lipinski definition) is 3. The maximum Gasteiger partial charge on any atom is 0.319 e. The summed E-state index contributed by atoms with van der Waals surface area (Å²) in [5.41, 5.74) is 7.36. The van der Waals surface area contributed by atoms with Crippen LogP contribution in [-0.4, -0.2) is 19.6 Å². The van der Waals surface area contributed by atoms with Crippen LogP contribution in [-0.2, 0) is 9.53 Å². The molecule has 0 spiro atoms. The van der Waals surface area contributed by atoms with Gasteiger partial charge in [0.2, 0.25) is 0 Å². The Morgan fingerprint density at radius 3 is 1.56 bits per heavy atom. The number of esters is 1. The highest BCUT2D eigenvalue weighted by Crippen LogP contribution is 2.17. The first-order valence-electron chi connectivity index (χ1n) is 5.65. The van der Waals surface area contributed by atoms with Crippen LogP contribution in [0.1, 0.15) is 0 Å². The van der Waals surface area contributed by atoms with Crippen LogP contribution in [0, 0.1) is 0 Å². The van der Waals surface area contributed by atoms with Gasteiger partial charge in [-0.1, -0.05) is 60.7 Å². The van der Waals surface area contributed by atoms with E-state index in [-0.39, 0.29) is 12.5 Å². The molecule has 0 amide bonds. The maximum absolute atomic E-state index is 9.83. The van der Waals surface area contributed by atoms with Crippen LogP contribution < -0.4 is 5.73 Å². The molecular formula is C15H17NO2. The lowest BCUT2D eigenvalue weighted by Crippen LogP contribution is -2.14. The van der Waals surface area contributed by atoms with Crippen molar-refractivity contribution in [1.82, 2.24) is 0 Å². The monoisotopic (exact) mass is 243 g/mol. The molecule has 0 aliphatic rings. The Balaban J connectivity index is 0.000000232. The van der Waals surface area contributed by atoms with Gasteiger partial charge in [-0.05, 0) is 11.1 Å². The zero-order valence-electron chi connectivity index (χ0n) is 10.4. The highest BCUT2D eigenvalue weighted by molar-refractivity contribution is 5.71. The summed E-state index contributed by atoms with van der Waals surface area (Å²) in [5, 5.41) is 0. The predicted molar refractivity (Wildman–Crippen MR) is 72.9 cm³/mol. The number of carbonyl (C=O) groups is 1. The number of methoxy groups -OCH3 is 1. The van der Waals surface area contributed by atoms with Gasteiger partial charge >= 0.3 is 5.97 Å². The Bertz CT molecular complexity index is 411. The minimum absolute atomic E-state index is 0.0312. The van der Waals surface area contributed by atoms with E-state index in [0.29, 0.717) is 0 Å². The third-order valence-electron chi connectivity index (χ3n) is 2.28. The van der Waals surface area contributed by atoms with Crippen molar-refractivity contribution in [2.75, 3.05) is 13.7 Å². The fourth-order valence-electron chi connectivity index (χ4n) is 1.34. The summed E-state index contributed by atoms with van der Waals surface area (Å²) in [5.74, 6) is -0.380. The van der Waals surface area contributed by atoms with E-state index in [2.05, 4.69) is 53.3 Å². The number of hydrogen-bond donors (Lipinski definition) is 1. The van der Waals surface area contributed by atoms with E-state index in [1.807, 2.05) is 12.1 Å². The standard InChI is InChI=1S/C12H10.C3H7NO2/c1-3-7-11(8-4-1)12-9-5-2-6-10-12;1-6-3(5)2-4/h1-10H;2,4H2,1H3. The quantitative estimate of drug-likeness (QED) is 0.824. The van der Waals surface area contributed by atoms with Gasteiger partial charge in [-0.3, -0.25) is 4.79 Å². The first kappa shape index (κ1) is 13.9. The Hall–Kier alpha value is -2.13. The fraction of sp³-hybridized carbons (Fsp3) is 0.133. The molecule has 94 valence electrons. The van der Waals surface area contributed by atoms with Crippen molar-refractivity contribution < 1.29 is 9.53 Å². The maximum atomic E-state index is 9.83. The molecule has 0 aromatic heterocycles. The van der Waals surface area contributed by atoms with Crippen LogP contribution in [0.3, 0.4) is 0 Å².